The van der Waals surface area contributed by atoms with Crippen LogP contribution in [0.5, 0.6) is 0 Å². The Morgan fingerprint density at radius 2 is 2.05 bits per heavy atom. The molecule has 2 N–H and O–H groups in total. The summed E-state index contributed by atoms with van der Waals surface area (Å²) in [6.07, 6.45) is 4.08. The van der Waals surface area contributed by atoms with Crippen LogP contribution >= 0.6 is 0 Å². The highest BCUT2D eigenvalue weighted by Crippen LogP contribution is 2.14. The summed E-state index contributed by atoms with van der Waals surface area (Å²) in [6.45, 7) is 3.56. The van der Waals surface area contributed by atoms with Gasteiger partial charge in [0.2, 0.25) is 0 Å². The highest BCUT2D eigenvalue weighted by molar-refractivity contribution is 5.89. The fraction of sp³-hybridized carbons (Fsp3) is 0.438. The van der Waals surface area contributed by atoms with Crippen LogP contribution in [-0.4, -0.2) is 27.3 Å². The largest absolute Gasteiger partial charge is 0.337 e. The molecule has 0 unspecified atom stereocenters. The second kappa shape index (κ2) is 6.60. The molecule has 0 radical (unpaired) electrons. The van der Waals surface area contributed by atoms with Crippen LogP contribution in [0.3, 0.4) is 0 Å². The van der Waals surface area contributed by atoms with Crippen LogP contribution in [0.15, 0.2) is 24.3 Å². The van der Waals surface area contributed by atoms with Crippen molar-refractivity contribution >= 4 is 11.7 Å². The number of aromatic nitrogens is 3. The van der Waals surface area contributed by atoms with Gasteiger partial charge in [0, 0.05) is 31.6 Å². The number of hydrogen-bond donors (Lipinski definition) is 2. The average molecular weight is 299 g/mol. The second-order valence-corrected chi connectivity index (χ2v) is 5.64. The molecule has 2 aromatic rings. The molecule has 6 heteroatoms. The fourth-order valence-electron chi connectivity index (χ4n) is 2.65. The molecule has 1 aromatic heterocycles. The Bertz CT molecular complexity index is 647. The number of urea groups is 1. The zero-order valence-electron chi connectivity index (χ0n) is 12.8. The van der Waals surface area contributed by atoms with Gasteiger partial charge in [-0.25, -0.2) is 4.79 Å². The quantitative estimate of drug-likeness (QED) is 0.910. The van der Waals surface area contributed by atoms with E-state index in [4.69, 9.17) is 0 Å². The van der Waals surface area contributed by atoms with Gasteiger partial charge in [-0.05, 0) is 31.9 Å². The van der Waals surface area contributed by atoms with E-state index in [1.807, 2.05) is 31.2 Å². The summed E-state index contributed by atoms with van der Waals surface area (Å²) in [5, 5.41) is 14.1. The molecule has 116 valence electrons. The molecule has 0 fully saturated rings. The third-order valence-electron chi connectivity index (χ3n) is 3.88. The molecule has 1 aliphatic heterocycles. The van der Waals surface area contributed by atoms with Gasteiger partial charge in [0.05, 0.1) is 0 Å². The van der Waals surface area contributed by atoms with Gasteiger partial charge in [-0.2, -0.15) is 0 Å². The SMILES string of the molecule is Cc1ccc(NC(=O)NCCc2nnc3n2CCCC3)cc1. The van der Waals surface area contributed by atoms with Gasteiger partial charge in [-0.1, -0.05) is 17.7 Å². The van der Waals surface area contributed by atoms with Crippen molar-refractivity contribution in [1.82, 2.24) is 20.1 Å². The Hall–Kier alpha value is -2.37. The zero-order chi connectivity index (χ0) is 15.4. The summed E-state index contributed by atoms with van der Waals surface area (Å²) in [6, 6.07) is 7.53. The molecule has 0 aliphatic carbocycles. The number of anilines is 1. The van der Waals surface area contributed by atoms with Crippen molar-refractivity contribution in [1.29, 1.82) is 0 Å². The van der Waals surface area contributed by atoms with Crippen molar-refractivity contribution in [3.05, 3.63) is 41.5 Å². The molecule has 0 spiro atoms. The van der Waals surface area contributed by atoms with E-state index < -0.39 is 0 Å². The molecule has 0 saturated heterocycles. The second-order valence-electron chi connectivity index (χ2n) is 5.64. The minimum Gasteiger partial charge on any atom is -0.337 e. The number of amides is 2. The van der Waals surface area contributed by atoms with Crippen molar-refractivity contribution in [2.45, 2.75) is 39.2 Å². The lowest BCUT2D eigenvalue weighted by atomic mass is 10.1. The molecule has 0 atom stereocenters. The van der Waals surface area contributed by atoms with Crippen molar-refractivity contribution in [2.75, 3.05) is 11.9 Å². The number of rotatable bonds is 4. The van der Waals surface area contributed by atoms with Crippen LogP contribution < -0.4 is 10.6 Å². The molecule has 0 bridgehead atoms. The number of nitrogens with zero attached hydrogens (tertiary/aromatic N) is 3. The van der Waals surface area contributed by atoms with E-state index >= 15 is 0 Å². The Labute approximate surface area is 129 Å². The van der Waals surface area contributed by atoms with Crippen LogP contribution in [0.1, 0.15) is 30.1 Å². The molecular weight excluding hydrogens is 278 g/mol. The van der Waals surface area contributed by atoms with E-state index in [9.17, 15) is 4.79 Å². The smallest absolute Gasteiger partial charge is 0.319 e. The Morgan fingerprint density at radius 1 is 1.23 bits per heavy atom. The summed E-state index contributed by atoms with van der Waals surface area (Å²) in [4.78, 5) is 11.8. The third kappa shape index (κ3) is 3.44. The van der Waals surface area contributed by atoms with Crippen molar-refractivity contribution in [2.24, 2.45) is 0 Å². The first-order chi connectivity index (χ1) is 10.7. The number of fused-ring (bicyclic) bond motifs is 1. The fourth-order valence-corrected chi connectivity index (χ4v) is 2.65. The van der Waals surface area contributed by atoms with Crippen molar-refractivity contribution < 1.29 is 4.79 Å². The molecule has 1 aromatic carbocycles. The van der Waals surface area contributed by atoms with Crippen LogP contribution in [-0.2, 0) is 19.4 Å². The molecule has 2 heterocycles. The number of nitrogens with one attached hydrogen (secondary N) is 2. The summed E-state index contributed by atoms with van der Waals surface area (Å²) in [5.41, 5.74) is 1.96. The van der Waals surface area contributed by atoms with E-state index in [-0.39, 0.29) is 6.03 Å². The van der Waals surface area contributed by atoms with Crippen molar-refractivity contribution in [3.8, 4) is 0 Å². The summed E-state index contributed by atoms with van der Waals surface area (Å²) in [7, 11) is 0. The number of benzene rings is 1. The van der Waals surface area contributed by atoms with E-state index in [1.54, 1.807) is 0 Å². The normalized spacial score (nSPS) is 13.5. The minimum atomic E-state index is -0.192. The maximum absolute atomic E-state index is 11.8. The standard InChI is InChI=1S/C16H21N5O/c1-12-5-7-13(8-6-12)18-16(22)17-10-9-15-20-19-14-4-2-3-11-21(14)15/h5-8H,2-4,9-11H2,1H3,(H2,17,18,22). The number of hydrogen-bond acceptors (Lipinski definition) is 3. The molecular formula is C16H21N5O. The van der Waals surface area contributed by atoms with Crippen LogP contribution in [0.2, 0.25) is 0 Å². The Balaban J connectivity index is 1.47. The molecule has 1 aliphatic rings. The highest BCUT2D eigenvalue weighted by atomic mass is 16.2. The van der Waals surface area contributed by atoms with Gasteiger partial charge in [0.15, 0.2) is 0 Å². The molecule has 0 saturated carbocycles. The van der Waals surface area contributed by atoms with Gasteiger partial charge in [0.25, 0.3) is 0 Å². The number of aryl methyl sites for hydroxylation is 2. The minimum absolute atomic E-state index is 0.192. The average Bonchev–Trinajstić information content (AvgIpc) is 2.93. The number of carbonyl (C=O) groups excluding carboxylic acids is 1. The topological polar surface area (TPSA) is 71.8 Å². The van der Waals surface area contributed by atoms with Crippen LogP contribution in [0, 0.1) is 6.92 Å². The summed E-state index contributed by atoms with van der Waals surface area (Å²) < 4.78 is 2.18. The predicted octanol–water partition coefficient (Wildman–Crippen LogP) is 2.29. The number of carbonyl (C=O) groups is 1. The lowest BCUT2D eigenvalue weighted by Crippen LogP contribution is -2.31. The Kier molecular flexibility index (Phi) is 4.37. The molecule has 22 heavy (non-hydrogen) atoms. The van der Waals surface area contributed by atoms with Crippen molar-refractivity contribution in [3.63, 3.8) is 0 Å². The van der Waals surface area contributed by atoms with Gasteiger partial charge in [0.1, 0.15) is 11.6 Å². The van der Waals surface area contributed by atoms with Gasteiger partial charge >= 0.3 is 6.03 Å². The molecule has 3 rings (SSSR count). The maximum atomic E-state index is 11.8. The Morgan fingerprint density at radius 3 is 2.86 bits per heavy atom. The van der Waals surface area contributed by atoms with Crippen LogP contribution in [0.4, 0.5) is 10.5 Å². The van der Waals surface area contributed by atoms with E-state index in [0.717, 1.165) is 30.3 Å². The van der Waals surface area contributed by atoms with Gasteiger partial charge < -0.3 is 15.2 Å². The lowest BCUT2D eigenvalue weighted by Gasteiger charge is -2.14. The third-order valence-corrected chi connectivity index (χ3v) is 3.88. The first kappa shape index (κ1) is 14.6. The highest BCUT2D eigenvalue weighted by Gasteiger charge is 2.15. The van der Waals surface area contributed by atoms with Gasteiger partial charge in [-0.15, -0.1) is 10.2 Å². The van der Waals surface area contributed by atoms with Gasteiger partial charge in [-0.3, -0.25) is 0 Å². The lowest BCUT2D eigenvalue weighted by molar-refractivity contribution is 0.252. The van der Waals surface area contributed by atoms with Crippen LogP contribution in [0.25, 0.3) is 0 Å². The molecule has 2 amide bonds. The summed E-state index contributed by atoms with van der Waals surface area (Å²) >= 11 is 0. The maximum Gasteiger partial charge on any atom is 0.319 e. The first-order valence-corrected chi connectivity index (χ1v) is 7.75. The summed E-state index contributed by atoms with van der Waals surface area (Å²) in [5.74, 6) is 2.04. The zero-order valence-corrected chi connectivity index (χ0v) is 12.8. The predicted molar refractivity (Wildman–Crippen MR) is 84.9 cm³/mol. The van der Waals surface area contributed by atoms with E-state index in [0.29, 0.717) is 13.0 Å². The first-order valence-electron chi connectivity index (χ1n) is 7.75. The van der Waals surface area contributed by atoms with E-state index in [1.165, 1.54) is 18.4 Å². The van der Waals surface area contributed by atoms with E-state index in [2.05, 4.69) is 25.4 Å². The monoisotopic (exact) mass is 299 g/mol. The molecule has 6 nitrogen and oxygen atoms in total.